The van der Waals surface area contributed by atoms with Crippen LogP contribution in [0.4, 0.5) is 18.9 Å². The first kappa shape index (κ1) is 29.7. The van der Waals surface area contributed by atoms with Gasteiger partial charge in [0.1, 0.15) is 12.6 Å². The molecule has 0 heterocycles. The number of rotatable bonds is 10. The van der Waals surface area contributed by atoms with Gasteiger partial charge in [-0.1, -0.05) is 61.0 Å². The molecular weight excluding hydrogens is 531 g/mol. The largest absolute Gasteiger partial charge is 0.416 e. The Morgan fingerprint density at radius 3 is 2.15 bits per heavy atom. The van der Waals surface area contributed by atoms with Gasteiger partial charge in [0.2, 0.25) is 11.8 Å². The number of hydrogen-bond acceptors (Lipinski definition) is 4. The number of carbonyl (C=O) groups excluding carboxylic acids is 2. The Balaban J connectivity index is 2.11. The topological polar surface area (TPSA) is 86.8 Å². The summed E-state index contributed by atoms with van der Waals surface area (Å²) in [6.45, 7) is 2.64. The van der Waals surface area contributed by atoms with E-state index in [1.165, 1.54) is 30.1 Å². The van der Waals surface area contributed by atoms with Gasteiger partial charge in [-0.05, 0) is 49.2 Å². The summed E-state index contributed by atoms with van der Waals surface area (Å²) in [7, 11) is -3.05. The predicted molar refractivity (Wildman–Crippen MR) is 142 cm³/mol. The highest BCUT2D eigenvalue weighted by molar-refractivity contribution is 7.92. The summed E-state index contributed by atoms with van der Waals surface area (Å²) >= 11 is 0. The van der Waals surface area contributed by atoms with Gasteiger partial charge >= 0.3 is 6.18 Å². The zero-order valence-electron chi connectivity index (χ0n) is 21.8. The normalized spacial score (nSPS) is 12.5. The van der Waals surface area contributed by atoms with E-state index in [4.69, 9.17) is 0 Å². The fourth-order valence-electron chi connectivity index (χ4n) is 4.07. The van der Waals surface area contributed by atoms with Crippen molar-refractivity contribution in [2.75, 3.05) is 17.9 Å². The monoisotopic (exact) mass is 561 g/mol. The molecule has 7 nitrogen and oxygen atoms in total. The van der Waals surface area contributed by atoms with Gasteiger partial charge in [0, 0.05) is 13.6 Å². The maximum Gasteiger partial charge on any atom is 0.416 e. The molecule has 0 fully saturated rings. The van der Waals surface area contributed by atoms with Crippen LogP contribution in [0, 0.1) is 6.92 Å². The second kappa shape index (κ2) is 12.3. The number of sulfonamides is 1. The van der Waals surface area contributed by atoms with Crippen molar-refractivity contribution in [3.63, 3.8) is 0 Å². The quantitative estimate of drug-likeness (QED) is 0.387. The van der Waals surface area contributed by atoms with E-state index in [2.05, 4.69) is 5.32 Å². The number of alkyl halides is 3. The van der Waals surface area contributed by atoms with Crippen LogP contribution in [0.1, 0.15) is 30.0 Å². The molecule has 0 aliphatic heterocycles. The minimum Gasteiger partial charge on any atom is -0.357 e. The molecule has 1 N–H and O–H groups in total. The number of nitrogens with one attached hydrogen (secondary N) is 1. The average Bonchev–Trinajstić information content (AvgIpc) is 2.91. The molecule has 0 saturated heterocycles. The maximum absolute atomic E-state index is 13.8. The van der Waals surface area contributed by atoms with E-state index in [0.717, 1.165) is 17.7 Å². The Morgan fingerprint density at radius 1 is 0.949 bits per heavy atom. The molecule has 208 valence electrons. The molecule has 0 spiro atoms. The number of hydrogen-bond donors (Lipinski definition) is 1. The summed E-state index contributed by atoms with van der Waals surface area (Å²) in [4.78, 5) is 27.5. The molecule has 11 heteroatoms. The van der Waals surface area contributed by atoms with Crippen molar-refractivity contribution in [1.82, 2.24) is 10.2 Å². The SMILES string of the molecule is CC[C@H](C(=O)NC)N(Cc1ccccc1)C(=O)CN(c1cccc(C(F)(F)F)c1)S(=O)(=O)c1ccc(C)cc1. The molecule has 0 saturated carbocycles. The molecule has 3 rings (SSSR count). The number of anilines is 1. The van der Waals surface area contributed by atoms with E-state index in [9.17, 15) is 31.2 Å². The standard InChI is InChI=1S/C28H30F3N3O4S/c1-4-25(27(36)32-3)33(18-21-9-6-5-7-10-21)26(35)19-34(23-12-8-11-22(17-23)28(29,30)31)39(37,38)24-15-13-20(2)14-16-24/h5-17,25H,4,18-19H2,1-3H3,(H,32,36)/t25-/m1/s1. The van der Waals surface area contributed by atoms with Crippen molar-refractivity contribution in [1.29, 1.82) is 0 Å². The summed E-state index contributed by atoms with van der Waals surface area (Å²) in [5.41, 5.74) is 0.0853. The lowest BCUT2D eigenvalue weighted by molar-refractivity contribution is -0.140. The molecule has 0 aliphatic rings. The first-order valence-corrected chi connectivity index (χ1v) is 13.6. The van der Waals surface area contributed by atoms with Crippen molar-refractivity contribution in [3.05, 3.63) is 95.6 Å². The molecule has 0 radical (unpaired) electrons. The Labute approximate surface area is 226 Å². The summed E-state index contributed by atoms with van der Waals surface area (Å²) in [5.74, 6) is -1.20. The van der Waals surface area contributed by atoms with Crippen LogP contribution in [0.25, 0.3) is 0 Å². The summed E-state index contributed by atoms with van der Waals surface area (Å²) in [5, 5.41) is 2.52. The van der Waals surface area contributed by atoms with Crippen molar-refractivity contribution in [2.24, 2.45) is 0 Å². The van der Waals surface area contributed by atoms with Crippen LogP contribution < -0.4 is 9.62 Å². The van der Waals surface area contributed by atoms with Crippen molar-refractivity contribution in [3.8, 4) is 0 Å². The van der Waals surface area contributed by atoms with Crippen molar-refractivity contribution >= 4 is 27.5 Å². The molecule has 0 aliphatic carbocycles. The van der Waals surface area contributed by atoms with E-state index in [1.807, 2.05) is 0 Å². The maximum atomic E-state index is 13.8. The lowest BCUT2D eigenvalue weighted by atomic mass is 10.1. The lowest BCUT2D eigenvalue weighted by Gasteiger charge is -2.33. The first-order valence-electron chi connectivity index (χ1n) is 12.2. The van der Waals surface area contributed by atoms with Crippen LogP contribution in [0.3, 0.4) is 0 Å². The summed E-state index contributed by atoms with van der Waals surface area (Å²) < 4.78 is 68.7. The fourth-order valence-corrected chi connectivity index (χ4v) is 5.48. The predicted octanol–water partition coefficient (Wildman–Crippen LogP) is 4.76. The minimum absolute atomic E-state index is 0.00733. The second-order valence-corrected chi connectivity index (χ2v) is 10.8. The van der Waals surface area contributed by atoms with Gasteiger partial charge < -0.3 is 10.2 Å². The fraction of sp³-hybridized carbons (Fsp3) is 0.286. The van der Waals surface area contributed by atoms with Crippen molar-refractivity contribution in [2.45, 2.75) is 43.9 Å². The molecular formula is C28H30F3N3O4S. The van der Waals surface area contributed by atoms with E-state index >= 15 is 0 Å². The van der Waals surface area contributed by atoms with Crippen LogP contribution in [-0.4, -0.2) is 44.8 Å². The van der Waals surface area contributed by atoms with Gasteiger partial charge in [0.15, 0.2) is 0 Å². The highest BCUT2D eigenvalue weighted by atomic mass is 32.2. The Kier molecular flexibility index (Phi) is 9.39. The molecule has 0 bridgehead atoms. The van der Waals surface area contributed by atoms with Crippen LogP contribution in [0.2, 0.25) is 0 Å². The third kappa shape index (κ3) is 7.17. The van der Waals surface area contributed by atoms with Crippen LogP contribution >= 0.6 is 0 Å². The van der Waals surface area contributed by atoms with Gasteiger partial charge in [-0.25, -0.2) is 8.42 Å². The molecule has 2 amide bonds. The van der Waals surface area contributed by atoms with E-state index < -0.39 is 46.2 Å². The molecule has 0 aromatic heterocycles. The number of carbonyl (C=O) groups is 2. The number of likely N-dealkylation sites (N-methyl/N-ethyl adjacent to an activating group) is 1. The number of aryl methyl sites for hydroxylation is 1. The molecule has 3 aromatic carbocycles. The van der Waals surface area contributed by atoms with E-state index in [-0.39, 0.29) is 23.5 Å². The van der Waals surface area contributed by atoms with Crippen LogP contribution in [0.5, 0.6) is 0 Å². The minimum atomic E-state index is -4.73. The highest BCUT2D eigenvalue weighted by Crippen LogP contribution is 2.33. The number of halogens is 3. The zero-order valence-corrected chi connectivity index (χ0v) is 22.6. The lowest BCUT2D eigenvalue weighted by Crippen LogP contribution is -2.51. The molecule has 0 unspecified atom stereocenters. The third-order valence-electron chi connectivity index (χ3n) is 6.18. The van der Waals surface area contributed by atoms with Gasteiger partial charge in [-0.3, -0.25) is 13.9 Å². The Morgan fingerprint density at radius 2 is 1.59 bits per heavy atom. The smallest absolute Gasteiger partial charge is 0.357 e. The van der Waals surface area contributed by atoms with Gasteiger partial charge in [-0.2, -0.15) is 13.2 Å². The number of amides is 2. The van der Waals surface area contributed by atoms with Gasteiger partial charge in [0.25, 0.3) is 10.0 Å². The number of nitrogens with zero attached hydrogens (tertiary/aromatic N) is 2. The van der Waals surface area contributed by atoms with Crippen LogP contribution in [-0.2, 0) is 32.3 Å². The zero-order chi connectivity index (χ0) is 28.8. The molecule has 39 heavy (non-hydrogen) atoms. The van der Waals surface area contributed by atoms with Crippen molar-refractivity contribution < 1.29 is 31.2 Å². The van der Waals surface area contributed by atoms with Gasteiger partial charge in [-0.15, -0.1) is 0 Å². The first-order chi connectivity index (χ1) is 18.4. The average molecular weight is 562 g/mol. The van der Waals surface area contributed by atoms with Gasteiger partial charge in [0.05, 0.1) is 16.1 Å². The third-order valence-corrected chi connectivity index (χ3v) is 7.97. The van der Waals surface area contributed by atoms with E-state index in [1.54, 1.807) is 56.3 Å². The molecule has 3 aromatic rings. The Hall–Kier alpha value is -3.86. The second-order valence-electron chi connectivity index (χ2n) is 8.92. The summed E-state index contributed by atoms with van der Waals surface area (Å²) in [6, 6.07) is 17.4. The number of benzene rings is 3. The van der Waals surface area contributed by atoms with E-state index in [0.29, 0.717) is 15.9 Å². The Bertz CT molecular complexity index is 1400. The molecule has 1 atom stereocenters. The highest BCUT2D eigenvalue weighted by Gasteiger charge is 2.35. The summed E-state index contributed by atoms with van der Waals surface area (Å²) in [6.07, 6.45) is -4.50. The van der Waals surface area contributed by atoms with Crippen LogP contribution in [0.15, 0.2) is 83.8 Å².